The molecule has 1 aromatic rings. The van der Waals surface area contributed by atoms with Gasteiger partial charge in [0.2, 0.25) is 0 Å². The van der Waals surface area contributed by atoms with Crippen molar-refractivity contribution in [2.75, 3.05) is 32.7 Å². The first-order chi connectivity index (χ1) is 9.99. The maximum absolute atomic E-state index is 11.4. The maximum Gasteiger partial charge on any atom is 0.337 e. The molecular formula is C13H18N2O6. The van der Waals surface area contributed by atoms with Gasteiger partial charge in [-0.2, -0.15) is 0 Å². The molecule has 0 spiro atoms. The monoisotopic (exact) mass is 298 g/mol. The Morgan fingerprint density at radius 3 is 2.76 bits per heavy atom. The van der Waals surface area contributed by atoms with E-state index in [4.69, 9.17) is 4.74 Å². The van der Waals surface area contributed by atoms with Crippen LogP contribution in [0.15, 0.2) is 18.2 Å². The second kappa shape index (κ2) is 8.18. The summed E-state index contributed by atoms with van der Waals surface area (Å²) in [6, 6.07) is 3.92. The Morgan fingerprint density at radius 2 is 2.19 bits per heavy atom. The number of aliphatic hydroxyl groups excluding tert-OH is 1. The molecule has 0 heterocycles. The van der Waals surface area contributed by atoms with Crippen LogP contribution in [0.5, 0.6) is 0 Å². The van der Waals surface area contributed by atoms with Gasteiger partial charge in [-0.15, -0.1) is 0 Å². The van der Waals surface area contributed by atoms with Crippen LogP contribution in [0.4, 0.5) is 11.4 Å². The fourth-order valence-corrected chi connectivity index (χ4v) is 1.73. The van der Waals surface area contributed by atoms with Crippen LogP contribution in [-0.4, -0.2) is 49.5 Å². The van der Waals surface area contributed by atoms with E-state index in [-0.39, 0.29) is 23.5 Å². The largest absolute Gasteiger partial charge is 0.465 e. The predicted octanol–water partition coefficient (Wildman–Crippen LogP) is 1.19. The van der Waals surface area contributed by atoms with Crippen LogP contribution >= 0.6 is 0 Å². The van der Waals surface area contributed by atoms with E-state index in [2.05, 4.69) is 10.1 Å². The molecule has 8 heteroatoms. The summed E-state index contributed by atoms with van der Waals surface area (Å²) in [5, 5.41) is 23.3. The van der Waals surface area contributed by atoms with Crippen LogP contribution in [0, 0.1) is 10.1 Å². The summed E-state index contributed by atoms with van der Waals surface area (Å²) in [7, 11) is 2.71. The molecule has 0 bridgehead atoms. The standard InChI is InChI=1S/C13H18N2O6/c1-20-8-10(16)5-6-14-11-7-9(13(17)21-2)3-4-12(11)15(18)19/h3-4,7,10,14,16H,5-6,8H2,1-2H3. The highest BCUT2D eigenvalue weighted by Gasteiger charge is 2.17. The minimum Gasteiger partial charge on any atom is -0.465 e. The van der Waals surface area contributed by atoms with E-state index in [1.165, 1.54) is 32.4 Å². The molecule has 1 rings (SSSR count). The number of nitro groups is 1. The molecule has 1 aromatic carbocycles. The Kier molecular flexibility index (Phi) is 6.57. The number of carbonyl (C=O) groups is 1. The summed E-state index contributed by atoms with van der Waals surface area (Å²) in [6.45, 7) is 0.488. The van der Waals surface area contributed by atoms with Crippen molar-refractivity contribution < 1.29 is 24.3 Å². The first-order valence-electron chi connectivity index (χ1n) is 6.27. The summed E-state index contributed by atoms with van der Waals surface area (Å²) in [5.41, 5.74) is 0.263. The van der Waals surface area contributed by atoms with Gasteiger partial charge in [0.15, 0.2) is 0 Å². The highest BCUT2D eigenvalue weighted by molar-refractivity contribution is 5.91. The molecule has 116 valence electrons. The number of nitro benzene ring substituents is 1. The number of ether oxygens (including phenoxy) is 2. The van der Waals surface area contributed by atoms with Gasteiger partial charge in [0.05, 0.1) is 30.3 Å². The lowest BCUT2D eigenvalue weighted by Crippen LogP contribution is -2.18. The number of esters is 1. The van der Waals surface area contributed by atoms with Crippen molar-refractivity contribution >= 4 is 17.3 Å². The molecule has 0 amide bonds. The number of methoxy groups -OCH3 is 2. The minimum absolute atomic E-state index is 0.149. The Bertz CT molecular complexity index is 505. The molecule has 0 aliphatic carbocycles. The summed E-state index contributed by atoms with van der Waals surface area (Å²) >= 11 is 0. The van der Waals surface area contributed by atoms with E-state index < -0.39 is 17.0 Å². The second-order valence-electron chi connectivity index (χ2n) is 4.31. The van der Waals surface area contributed by atoms with Gasteiger partial charge in [0, 0.05) is 19.7 Å². The average Bonchev–Trinajstić information content (AvgIpc) is 2.46. The molecule has 1 unspecified atom stereocenters. The summed E-state index contributed by atoms with van der Waals surface area (Å²) < 4.78 is 9.36. The van der Waals surface area contributed by atoms with Gasteiger partial charge >= 0.3 is 5.97 Å². The molecular weight excluding hydrogens is 280 g/mol. The topological polar surface area (TPSA) is 111 Å². The number of rotatable bonds is 8. The van der Waals surface area contributed by atoms with Gasteiger partial charge in [-0.1, -0.05) is 0 Å². The van der Waals surface area contributed by atoms with Crippen molar-refractivity contribution in [2.24, 2.45) is 0 Å². The van der Waals surface area contributed by atoms with Crippen molar-refractivity contribution in [2.45, 2.75) is 12.5 Å². The number of hydrogen-bond donors (Lipinski definition) is 2. The molecule has 0 fully saturated rings. The molecule has 0 saturated heterocycles. The molecule has 2 N–H and O–H groups in total. The van der Waals surface area contributed by atoms with Gasteiger partial charge in [-0.3, -0.25) is 10.1 Å². The third-order valence-electron chi connectivity index (χ3n) is 2.77. The van der Waals surface area contributed by atoms with Gasteiger partial charge in [-0.05, 0) is 18.6 Å². The molecule has 0 saturated carbocycles. The molecule has 0 radical (unpaired) electrons. The van der Waals surface area contributed by atoms with Crippen molar-refractivity contribution in [3.05, 3.63) is 33.9 Å². The van der Waals surface area contributed by atoms with Crippen molar-refractivity contribution in [3.63, 3.8) is 0 Å². The van der Waals surface area contributed by atoms with Crippen LogP contribution in [0.1, 0.15) is 16.8 Å². The van der Waals surface area contributed by atoms with Gasteiger partial charge in [-0.25, -0.2) is 4.79 Å². The van der Waals surface area contributed by atoms with Crippen molar-refractivity contribution in [1.82, 2.24) is 0 Å². The number of aliphatic hydroxyl groups is 1. The summed E-state index contributed by atoms with van der Waals surface area (Å²) in [6.07, 6.45) is -0.307. The number of nitrogens with one attached hydrogen (secondary N) is 1. The number of hydrogen-bond acceptors (Lipinski definition) is 7. The lowest BCUT2D eigenvalue weighted by molar-refractivity contribution is -0.384. The number of benzene rings is 1. The highest BCUT2D eigenvalue weighted by Crippen LogP contribution is 2.25. The average molecular weight is 298 g/mol. The Balaban J connectivity index is 2.81. The molecule has 8 nitrogen and oxygen atoms in total. The van der Waals surface area contributed by atoms with Crippen molar-refractivity contribution in [1.29, 1.82) is 0 Å². The second-order valence-corrected chi connectivity index (χ2v) is 4.31. The predicted molar refractivity (Wildman–Crippen MR) is 75.4 cm³/mol. The molecule has 0 aromatic heterocycles. The first kappa shape index (κ1) is 16.9. The number of carbonyl (C=O) groups excluding carboxylic acids is 1. The summed E-state index contributed by atoms with van der Waals surface area (Å²) in [4.78, 5) is 21.8. The zero-order valence-corrected chi connectivity index (χ0v) is 11.9. The lowest BCUT2D eigenvalue weighted by Gasteiger charge is -2.11. The van der Waals surface area contributed by atoms with Crippen LogP contribution in [-0.2, 0) is 9.47 Å². The van der Waals surface area contributed by atoms with Crippen LogP contribution in [0.3, 0.4) is 0 Å². The third kappa shape index (κ3) is 5.01. The van der Waals surface area contributed by atoms with Crippen molar-refractivity contribution in [3.8, 4) is 0 Å². The molecule has 21 heavy (non-hydrogen) atoms. The van der Waals surface area contributed by atoms with E-state index in [9.17, 15) is 20.0 Å². The maximum atomic E-state index is 11.4. The van der Waals surface area contributed by atoms with E-state index in [0.29, 0.717) is 13.0 Å². The van der Waals surface area contributed by atoms with Crippen LogP contribution in [0.2, 0.25) is 0 Å². The Hall–Kier alpha value is -2.19. The number of nitrogens with zero attached hydrogens (tertiary/aromatic N) is 1. The van der Waals surface area contributed by atoms with Gasteiger partial charge in [0.25, 0.3) is 5.69 Å². The zero-order chi connectivity index (χ0) is 15.8. The Morgan fingerprint density at radius 1 is 1.48 bits per heavy atom. The van der Waals surface area contributed by atoms with Gasteiger partial charge < -0.3 is 19.9 Å². The molecule has 0 aliphatic heterocycles. The SMILES string of the molecule is COCC(O)CCNc1cc(C(=O)OC)ccc1[N+](=O)[O-]. The highest BCUT2D eigenvalue weighted by atomic mass is 16.6. The van der Waals surface area contributed by atoms with Gasteiger partial charge in [0.1, 0.15) is 5.69 Å². The summed E-state index contributed by atoms with van der Waals surface area (Å²) in [5.74, 6) is -0.577. The number of anilines is 1. The zero-order valence-electron chi connectivity index (χ0n) is 11.9. The van der Waals surface area contributed by atoms with Crippen LogP contribution in [0.25, 0.3) is 0 Å². The van der Waals surface area contributed by atoms with E-state index in [1.807, 2.05) is 0 Å². The lowest BCUT2D eigenvalue weighted by atomic mass is 10.1. The van der Waals surface area contributed by atoms with Crippen LogP contribution < -0.4 is 5.32 Å². The molecule has 1 atom stereocenters. The van der Waals surface area contributed by atoms with E-state index in [0.717, 1.165) is 0 Å². The first-order valence-corrected chi connectivity index (χ1v) is 6.27. The quantitative estimate of drug-likeness (QED) is 0.421. The normalized spacial score (nSPS) is 11.8. The molecule has 0 aliphatic rings. The fourth-order valence-electron chi connectivity index (χ4n) is 1.73. The fraction of sp³-hybridized carbons (Fsp3) is 0.462. The van der Waals surface area contributed by atoms with E-state index >= 15 is 0 Å². The third-order valence-corrected chi connectivity index (χ3v) is 2.77. The van der Waals surface area contributed by atoms with E-state index in [1.54, 1.807) is 0 Å². The minimum atomic E-state index is -0.662. The smallest absolute Gasteiger partial charge is 0.337 e. The Labute approximate surface area is 121 Å².